The number of carbonyl (C=O) groups excluding carboxylic acids is 1. The van der Waals surface area contributed by atoms with Crippen molar-refractivity contribution in [3.05, 3.63) is 69.8 Å². The Bertz CT molecular complexity index is 725. The molecule has 2 aromatic rings. The minimum absolute atomic E-state index is 0.178. The second-order valence-electron chi connectivity index (χ2n) is 3.97. The number of para-hydroxylation sites is 2. The summed E-state index contributed by atoms with van der Waals surface area (Å²) in [6.07, 6.45) is 0. The molecule has 106 valence electrons. The van der Waals surface area contributed by atoms with Crippen LogP contribution in [0.15, 0.2) is 48.5 Å². The third-order valence-electron chi connectivity index (χ3n) is 2.64. The Balaban J connectivity index is 2.36. The minimum Gasteiger partial charge on any atom is -0.478 e. The number of carboxylic acids is 1. The van der Waals surface area contributed by atoms with Crippen molar-refractivity contribution in [3.63, 3.8) is 0 Å². The van der Waals surface area contributed by atoms with E-state index in [1.807, 2.05) is 0 Å². The molecule has 0 bridgehead atoms. The van der Waals surface area contributed by atoms with Gasteiger partial charge < -0.3 is 9.84 Å². The van der Waals surface area contributed by atoms with Crippen LogP contribution in [0, 0.1) is 10.1 Å². The lowest BCUT2D eigenvalue weighted by Crippen LogP contribution is -2.14. The summed E-state index contributed by atoms with van der Waals surface area (Å²) in [5.41, 5.74) is -0.789. The molecule has 0 heterocycles. The lowest BCUT2D eigenvalue weighted by atomic mass is 10.1. The number of esters is 1. The fraction of sp³-hybridized carbons (Fsp3) is 0. The van der Waals surface area contributed by atoms with Crippen LogP contribution in [0.25, 0.3) is 0 Å². The first kappa shape index (κ1) is 14.2. The van der Waals surface area contributed by atoms with E-state index >= 15 is 0 Å². The smallest absolute Gasteiger partial charge is 0.344 e. The summed E-state index contributed by atoms with van der Waals surface area (Å²) in [5, 5.41) is 19.8. The molecular weight excluding hydrogens is 278 g/mol. The number of nitrogens with zero attached hydrogens (tertiary/aromatic N) is 1. The van der Waals surface area contributed by atoms with Crippen molar-refractivity contribution in [1.82, 2.24) is 0 Å². The second-order valence-corrected chi connectivity index (χ2v) is 3.97. The summed E-state index contributed by atoms with van der Waals surface area (Å²) in [4.78, 5) is 33.2. The number of nitro benzene ring substituents is 1. The Kier molecular flexibility index (Phi) is 3.94. The van der Waals surface area contributed by atoms with Crippen LogP contribution in [0.5, 0.6) is 5.75 Å². The summed E-state index contributed by atoms with van der Waals surface area (Å²) in [7, 11) is 0. The fourth-order valence-electron chi connectivity index (χ4n) is 1.70. The SMILES string of the molecule is O=C(O)c1ccccc1C(=O)Oc1ccccc1[N+](=O)[O-]. The van der Waals surface area contributed by atoms with Crippen molar-refractivity contribution >= 4 is 17.6 Å². The first-order valence-electron chi connectivity index (χ1n) is 5.78. The number of hydrogen-bond acceptors (Lipinski definition) is 5. The van der Waals surface area contributed by atoms with Crippen LogP contribution < -0.4 is 4.74 Å². The Labute approximate surface area is 118 Å². The van der Waals surface area contributed by atoms with Gasteiger partial charge >= 0.3 is 17.6 Å². The van der Waals surface area contributed by atoms with Gasteiger partial charge in [0.15, 0.2) is 0 Å². The molecule has 0 aromatic heterocycles. The average molecular weight is 287 g/mol. The summed E-state index contributed by atoms with van der Waals surface area (Å²) in [6, 6.07) is 10.8. The maximum atomic E-state index is 12.0. The molecule has 0 radical (unpaired) electrons. The van der Waals surface area contributed by atoms with Gasteiger partial charge in [-0.2, -0.15) is 0 Å². The summed E-state index contributed by atoms with van der Waals surface area (Å²) >= 11 is 0. The molecule has 0 saturated carbocycles. The Morgan fingerprint density at radius 2 is 1.57 bits per heavy atom. The Morgan fingerprint density at radius 1 is 1.00 bits per heavy atom. The molecule has 0 saturated heterocycles. The molecule has 2 rings (SSSR count). The second kappa shape index (κ2) is 5.83. The molecule has 21 heavy (non-hydrogen) atoms. The van der Waals surface area contributed by atoms with E-state index in [1.165, 1.54) is 48.5 Å². The highest BCUT2D eigenvalue weighted by atomic mass is 16.6. The lowest BCUT2D eigenvalue weighted by molar-refractivity contribution is -0.385. The number of nitro groups is 1. The van der Waals surface area contributed by atoms with Crippen molar-refractivity contribution in [3.8, 4) is 5.75 Å². The minimum atomic E-state index is -1.29. The molecule has 0 aliphatic heterocycles. The van der Waals surface area contributed by atoms with Crippen LogP contribution in [0.4, 0.5) is 5.69 Å². The van der Waals surface area contributed by atoms with Gasteiger partial charge in [-0.05, 0) is 18.2 Å². The Morgan fingerprint density at radius 3 is 2.19 bits per heavy atom. The molecule has 0 aliphatic rings. The zero-order valence-electron chi connectivity index (χ0n) is 10.6. The molecule has 7 nitrogen and oxygen atoms in total. The van der Waals surface area contributed by atoms with Gasteiger partial charge in [-0.3, -0.25) is 10.1 Å². The third kappa shape index (κ3) is 3.03. The van der Waals surface area contributed by atoms with Crippen molar-refractivity contribution in [1.29, 1.82) is 0 Å². The van der Waals surface area contributed by atoms with Crippen LogP contribution in [-0.4, -0.2) is 22.0 Å². The van der Waals surface area contributed by atoms with E-state index in [9.17, 15) is 19.7 Å². The number of aromatic carboxylic acids is 1. The van der Waals surface area contributed by atoms with Crippen molar-refractivity contribution < 1.29 is 24.4 Å². The van der Waals surface area contributed by atoms with Crippen molar-refractivity contribution in [2.45, 2.75) is 0 Å². The van der Waals surface area contributed by atoms with E-state index < -0.39 is 16.9 Å². The standard InChI is InChI=1S/C14H9NO6/c16-13(17)9-5-1-2-6-10(9)14(18)21-12-8-4-3-7-11(12)15(19)20/h1-8H,(H,16,17). The summed E-state index contributed by atoms with van der Waals surface area (Å²) in [6.45, 7) is 0. The zero-order valence-corrected chi connectivity index (χ0v) is 10.6. The maximum absolute atomic E-state index is 12.0. The molecule has 0 fully saturated rings. The monoisotopic (exact) mass is 287 g/mol. The fourth-order valence-corrected chi connectivity index (χ4v) is 1.70. The van der Waals surface area contributed by atoms with Crippen LogP contribution in [0.1, 0.15) is 20.7 Å². The topological polar surface area (TPSA) is 107 Å². The molecule has 1 N–H and O–H groups in total. The molecule has 0 atom stereocenters. The van der Waals surface area contributed by atoms with Gasteiger partial charge in [0, 0.05) is 6.07 Å². The van der Waals surface area contributed by atoms with Crippen molar-refractivity contribution in [2.75, 3.05) is 0 Å². The van der Waals surface area contributed by atoms with Gasteiger partial charge in [0.2, 0.25) is 5.75 Å². The zero-order chi connectivity index (χ0) is 15.4. The van der Waals surface area contributed by atoms with E-state index in [0.717, 1.165) is 0 Å². The molecule has 0 spiro atoms. The van der Waals surface area contributed by atoms with Crippen molar-refractivity contribution in [2.24, 2.45) is 0 Å². The van der Waals surface area contributed by atoms with Gasteiger partial charge in [0.1, 0.15) is 0 Å². The first-order valence-corrected chi connectivity index (χ1v) is 5.78. The van der Waals surface area contributed by atoms with Crippen LogP contribution in [0.2, 0.25) is 0 Å². The van der Waals surface area contributed by atoms with E-state index in [1.54, 1.807) is 0 Å². The Hall–Kier alpha value is -3.22. The number of hydrogen-bond donors (Lipinski definition) is 1. The normalized spacial score (nSPS) is 9.90. The predicted molar refractivity (Wildman–Crippen MR) is 71.5 cm³/mol. The molecule has 7 heteroatoms. The van der Waals surface area contributed by atoms with Crippen LogP contribution in [-0.2, 0) is 0 Å². The number of benzene rings is 2. The quantitative estimate of drug-likeness (QED) is 0.400. The van der Waals surface area contributed by atoms with Gasteiger partial charge in [0.25, 0.3) is 0 Å². The third-order valence-corrected chi connectivity index (χ3v) is 2.64. The van der Waals surface area contributed by atoms with Gasteiger partial charge in [0.05, 0.1) is 16.1 Å². The summed E-state index contributed by atoms with van der Waals surface area (Å²) in [5.74, 6) is -2.50. The highest BCUT2D eigenvalue weighted by Crippen LogP contribution is 2.27. The van der Waals surface area contributed by atoms with E-state index in [0.29, 0.717) is 0 Å². The molecule has 0 aliphatic carbocycles. The summed E-state index contributed by atoms with van der Waals surface area (Å²) < 4.78 is 4.94. The van der Waals surface area contributed by atoms with E-state index in [-0.39, 0.29) is 22.6 Å². The molecule has 0 unspecified atom stereocenters. The first-order chi connectivity index (χ1) is 10.0. The average Bonchev–Trinajstić information content (AvgIpc) is 2.47. The van der Waals surface area contributed by atoms with E-state index in [4.69, 9.17) is 9.84 Å². The molecule has 2 aromatic carbocycles. The van der Waals surface area contributed by atoms with Gasteiger partial charge in [-0.1, -0.05) is 24.3 Å². The molecule has 0 amide bonds. The van der Waals surface area contributed by atoms with Crippen LogP contribution in [0.3, 0.4) is 0 Å². The molecular formula is C14H9NO6. The lowest BCUT2D eigenvalue weighted by Gasteiger charge is -2.06. The number of ether oxygens (including phenoxy) is 1. The largest absolute Gasteiger partial charge is 0.478 e. The van der Waals surface area contributed by atoms with Crippen LogP contribution >= 0.6 is 0 Å². The van der Waals surface area contributed by atoms with Gasteiger partial charge in [-0.25, -0.2) is 9.59 Å². The highest BCUT2D eigenvalue weighted by molar-refractivity contribution is 6.03. The van der Waals surface area contributed by atoms with Gasteiger partial charge in [-0.15, -0.1) is 0 Å². The predicted octanol–water partition coefficient (Wildman–Crippen LogP) is 2.51. The number of carboxylic acid groups (broad SMARTS) is 1. The maximum Gasteiger partial charge on any atom is 0.344 e. The number of carbonyl (C=O) groups is 2. The van der Waals surface area contributed by atoms with E-state index in [2.05, 4.69) is 0 Å². The highest BCUT2D eigenvalue weighted by Gasteiger charge is 2.21. The number of rotatable bonds is 4.